The number of nitrogens with zero attached hydrogens (tertiary/aromatic N) is 1. The fourth-order valence-electron chi connectivity index (χ4n) is 6.04. The predicted molar refractivity (Wildman–Crippen MR) is 150 cm³/mol. The molecule has 0 unspecified atom stereocenters. The van der Waals surface area contributed by atoms with E-state index in [-0.39, 0.29) is 11.6 Å². The van der Waals surface area contributed by atoms with Crippen LogP contribution in [0.25, 0.3) is 0 Å². The number of carbonyl (C=O) groups is 2. The molecule has 0 spiro atoms. The van der Waals surface area contributed by atoms with Crippen molar-refractivity contribution >= 4 is 23.2 Å². The summed E-state index contributed by atoms with van der Waals surface area (Å²) in [6.07, 6.45) is 5.37. The van der Waals surface area contributed by atoms with E-state index in [9.17, 15) is 9.59 Å². The number of Topliss-reactive ketones (excluding diaryl/α,β-unsaturated/α-hetero) is 2. The van der Waals surface area contributed by atoms with Gasteiger partial charge in [-0.25, -0.2) is 0 Å². The summed E-state index contributed by atoms with van der Waals surface area (Å²) < 4.78 is 12.2. The third-order valence-corrected chi connectivity index (χ3v) is 7.98. The molecule has 200 valence electrons. The van der Waals surface area contributed by atoms with Crippen LogP contribution in [0, 0.1) is 6.92 Å². The highest BCUT2D eigenvalue weighted by Gasteiger charge is 2.43. The van der Waals surface area contributed by atoms with Gasteiger partial charge in [-0.1, -0.05) is 48.4 Å². The first-order chi connectivity index (χ1) is 18.4. The minimum Gasteiger partial charge on any atom is -0.490 e. The normalized spacial score (nSPS) is 18.1. The largest absolute Gasteiger partial charge is 0.490 e. The quantitative estimate of drug-likeness (QED) is 0.352. The van der Waals surface area contributed by atoms with Crippen molar-refractivity contribution in [2.45, 2.75) is 78.2 Å². The first kappa shape index (κ1) is 26.6. The number of ketones is 2. The van der Waals surface area contributed by atoms with Crippen molar-refractivity contribution in [3.05, 3.63) is 80.7 Å². The van der Waals surface area contributed by atoms with E-state index in [0.717, 1.165) is 72.3 Å². The van der Waals surface area contributed by atoms with Crippen molar-refractivity contribution in [3.8, 4) is 11.5 Å². The van der Waals surface area contributed by atoms with E-state index >= 15 is 0 Å². The molecule has 38 heavy (non-hydrogen) atoms. The molecule has 0 atom stereocenters. The fourth-order valence-corrected chi connectivity index (χ4v) is 6.31. The maximum absolute atomic E-state index is 13.5. The summed E-state index contributed by atoms with van der Waals surface area (Å²) >= 11 is 6.87. The topological polar surface area (TPSA) is 55.8 Å². The van der Waals surface area contributed by atoms with E-state index in [1.165, 1.54) is 5.56 Å². The molecule has 0 fully saturated rings. The van der Waals surface area contributed by atoms with Crippen LogP contribution in [0.5, 0.6) is 11.5 Å². The molecular formula is C32H36ClNO4. The molecular weight excluding hydrogens is 498 g/mol. The summed E-state index contributed by atoms with van der Waals surface area (Å²) in [7, 11) is 0. The van der Waals surface area contributed by atoms with Gasteiger partial charge in [-0.15, -0.1) is 0 Å². The summed E-state index contributed by atoms with van der Waals surface area (Å²) in [5.41, 5.74) is 6.77. The van der Waals surface area contributed by atoms with Crippen LogP contribution in [0.2, 0.25) is 5.02 Å². The molecule has 0 saturated heterocycles. The molecule has 0 aromatic heterocycles. The number of allylic oxidation sites excluding steroid dienone is 4. The Morgan fingerprint density at radius 2 is 1.53 bits per heavy atom. The molecule has 5 rings (SSSR count). The molecule has 2 aliphatic carbocycles. The maximum atomic E-state index is 13.5. The fraction of sp³-hybridized carbons (Fsp3) is 0.438. The Morgan fingerprint density at radius 3 is 2.11 bits per heavy atom. The highest BCUT2D eigenvalue weighted by molar-refractivity contribution is 6.32. The first-order valence-electron chi connectivity index (χ1n) is 13.9. The van der Waals surface area contributed by atoms with Gasteiger partial charge in [-0.2, -0.15) is 0 Å². The second kappa shape index (κ2) is 11.4. The SMILES string of the molecule is CCCN1C2=C(C(=O)CCC2)C(c2cc(Cl)c(OCc3ccc(C)cc3)c(OCC)c2)C2=C1CCCC2=O. The van der Waals surface area contributed by atoms with Gasteiger partial charge < -0.3 is 14.4 Å². The Hall–Kier alpha value is -3.05. The van der Waals surface area contributed by atoms with Crippen LogP contribution < -0.4 is 9.47 Å². The smallest absolute Gasteiger partial charge is 0.180 e. The zero-order valence-electron chi connectivity index (χ0n) is 22.6. The Bertz CT molecular complexity index is 1260. The lowest BCUT2D eigenvalue weighted by molar-refractivity contribution is -0.117. The second-order valence-corrected chi connectivity index (χ2v) is 10.8. The average Bonchev–Trinajstić information content (AvgIpc) is 2.90. The number of hydrogen-bond donors (Lipinski definition) is 0. The molecule has 2 aromatic carbocycles. The Kier molecular flexibility index (Phi) is 7.94. The van der Waals surface area contributed by atoms with Crippen LogP contribution in [0.15, 0.2) is 58.9 Å². The monoisotopic (exact) mass is 533 g/mol. The number of carbonyl (C=O) groups excluding carboxylic acids is 2. The predicted octanol–water partition coefficient (Wildman–Crippen LogP) is 7.45. The molecule has 0 bridgehead atoms. The molecule has 2 aromatic rings. The second-order valence-electron chi connectivity index (χ2n) is 10.4. The Morgan fingerprint density at radius 1 is 0.895 bits per heavy atom. The van der Waals surface area contributed by atoms with Crippen molar-refractivity contribution in [1.82, 2.24) is 4.90 Å². The van der Waals surface area contributed by atoms with Gasteiger partial charge in [0.15, 0.2) is 23.1 Å². The molecule has 1 heterocycles. The minimum atomic E-state index is -0.420. The van der Waals surface area contributed by atoms with Crippen molar-refractivity contribution < 1.29 is 19.1 Å². The van der Waals surface area contributed by atoms with E-state index in [4.69, 9.17) is 21.1 Å². The van der Waals surface area contributed by atoms with Crippen LogP contribution in [-0.2, 0) is 16.2 Å². The summed E-state index contributed by atoms with van der Waals surface area (Å²) in [5, 5.41) is 0.421. The third kappa shape index (κ3) is 5.01. The van der Waals surface area contributed by atoms with Gasteiger partial charge in [0, 0.05) is 47.8 Å². The highest BCUT2D eigenvalue weighted by Crippen LogP contribution is 2.51. The summed E-state index contributed by atoms with van der Waals surface area (Å²) in [5.74, 6) is 0.868. The molecule has 0 saturated carbocycles. The number of hydrogen-bond acceptors (Lipinski definition) is 5. The highest BCUT2D eigenvalue weighted by atomic mass is 35.5. The van der Waals surface area contributed by atoms with Crippen molar-refractivity contribution in [2.75, 3.05) is 13.2 Å². The van der Waals surface area contributed by atoms with Gasteiger partial charge in [0.25, 0.3) is 0 Å². The third-order valence-electron chi connectivity index (χ3n) is 7.70. The Balaban J connectivity index is 1.60. The zero-order valence-corrected chi connectivity index (χ0v) is 23.3. The van der Waals surface area contributed by atoms with Gasteiger partial charge in [0.2, 0.25) is 0 Å². The number of aryl methyl sites for hydroxylation is 1. The van der Waals surface area contributed by atoms with Gasteiger partial charge in [-0.3, -0.25) is 9.59 Å². The lowest BCUT2D eigenvalue weighted by atomic mass is 9.71. The number of rotatable bonds is 8. The molecule has 0 amide bonds. The van der Waals surface area contributed by atoms with Gasteiger partial charge >= 0.3 is 0 Å². The number of ether oxygens (including phenoxy) is 2. The van der Waals surface area contributed by atoms with E-state index in [1.807, 2.05) is 31.2 Å². The molecule has 6 heteroatoms. The van der Waals surface area contributed by atoms with E-state index < -0.39 is 5.92 Å². The van der Waals surface area contributed by atoms with Crippen LogP contribution in [0.4, 0.5) is 0 Å². The molecule has 3 aliphatic rings. The van der Waals surface area contributed by atoms with Gasteiger partial charge in [0.1, 0.15) is 6.61 Å². The van der Waals surface area contributed by atoms with Crippen LogP contribution in [0.3, 0.4) is 0 Å². The number of halogens is 1. The average molecular weight is 534 g/mol. The summed E-state index contributed by atoms with van der Waals surface area (Å²) in [4.78, 5) is 29.3. The standard InChI is InChI=1S/C32H36ClNO4/c1-4-16-34-24-8-6-10-26(35)30(24)29(31-25(34)9-7-11-27(31)36)22-17-23(33)32(28(18-22)37-5-2)38-19-21-14-12-20(3)13-15-21/h12-15,17-18,29H,4-11,16,19H2,1-3H3. The first-order valence-corrected chi connectivity index (χ1v) is 14.2. The van der Waals surface area contributed by atoms with Crippen molar-refractivity contribution in [2.24, 2.45) is 0 Å². The van der Waals surface area contributed by atoms with Crippen molar-refractivity contribution in [1.29, 1.82) is 0 Å². The molecule has 0 radical (unpaired) electrons. The van der Waals surface area contributed by atoms with E-state index in [2.05, 4.69) is 30.9 Å². The maximum Gasteiger partial charge on any atom is 0.180 e. The zero-order chi connectivity index (χ0) is 26.8. The lowest BCUT2D eigenvalue weighted by Gasteiger charge is -2.44. The summed E-state index contributed by atoms with van der Waals surface area (Å²) in [6.45, 7) is 7.74. The van der Waals surface area contributed by atoms with Gasteiger partial charge in [-0.05, 0) is 69.2 Å². The lowest BCUT2D eigenvalue weighted by Crippen LogP contribution is -2.39. The van der Waals surface area contributed by atoms with Crippen LogP contribution >= 0.6 is 11.6 Å². The molecule has 5 nitrogen and oxygen atoms in total. The molecule has 0 N–H and O–H groups in total. The Labute approximate surface area is 230 Å². The van der Waals surface area contributed by atoms with E-state index in [0.29, 0.717) is 42.6 Å². The number of benzene rings is 2. The van der Waals surface area contributed by atoms with Crippen molar-refractivity contribution in [3.63, 3.8) is 0 Å². The van der Waals surface area contributed by atoms with E-state index in [1.54, 1.807) is 0 Å². The minimum absolute atomic E-state index is 0.135. The van der Waals surface area contributed by atoms with Crippen LogP contribution in [-0.4, -0.2) is 29.6 Å². The van der Waals surface area contributed by atoms with Gasteiger partial charge in [0.05, 0.1) is 11.6 Å². The molecule has 1 aliphatic heterocycles. The van der Waals surface area contributed by atoms with Crippen LogP contribution in [0.1, 0.15) is 81.4 Å². The summed E-state index contributed by atoms with van der Waals surface area (Å²) in [6, 6.07) is 12.0.